The van der Waals surface area contributed by atoms with Gasteiger partial charge in [0.1, 0.15) is 0 Å². The predicted octanol–water partition coefficient (Wildman–Crippen LogP) is 1.90. The van der Waals surface area contributed by atoms with Gasteiger partial charge < -0.3 is 4.90 Å². The van der Waals surface area contributed by atoms with Crippen molar-refractivity contribution in [2.45, 2.75) is 4.90 Å². The van der Waals surface area contributed by atoms with Crippen molar-refractivity contribution in [1.29, 1.82) is 0 Å². The summed E-state index contributed by atoms with van der Waals surface area (Å²) in [6.07, 6.45) is 1.57. The van der Waals surface area contributed by atoms with E-state index in [0.717, 1.165) is 35.6 Å². The van der Waals surface area contributed by atoms with E-state index >= 15 is 0 Å². The Morgan fingerprint density at radius 2 is 1.71 bits per heavy atom. The summed E-state index contributed by atoms with van der Waals surface area (Å²) in [5.74, 6) is 0. The third-order valence-corrected chi connectivity index (χ3v) is 5.90. The number of hydrogen-bond donors (Lipinski definition) is 0. The fourth-order valence-electron chi connectivity index (χ4n) is 1.95. The van der Waals surface area contributed by atoms with Crippen molar-refractivity contribution in [2.24, 2.45) is 0 Å². The first-order chi connectivity index (χ1) is 11.2. The zero-order chi connectivity index (χ0) is 17.9. The summed E-state index contributed by atoms with van der Waals surface area (Å²) in [6.45, 7) is 0. The fraction of sp³-hybridized carbons (Fsp3) is 0.188. The van der Waals surface area contributed by atoms with Gasteiger partial charge in [0.2, 0.25) is 0 Å². The summed E-state index contributed by atoms with van der Waals surface area (Å²) in [4.78, 5) is 2.20. The minimum absolute atomic E-state index is 0.204. The molecule has 0 saturated heterocycles. The summed E-state index contributed by atoms with van der Waals surface area (Å²) in [6, 6.07) is 11.7. The van der Waals surface area contributed by atoms with Gasteiger partial charge in [-0.25, -0.2) is 0 Å². The van der Waals surface area contributed by atoms with E-state index < -0.39 is 10.0 Å². The van der Waals surface area contributed by atoms with Gasteiger partial charge in [0.05, 0.1) is 0 Å². The Balaban J connectivity index is 0.000000471. The van der Waals surface area contributed by atoms with Crippen LogP contribution >= 0.6 is 11.6 Å². The first-order valence-electron chi connectivity index (χ1n) is 7.04. The molecule has 1 heterocycles. The molecule has 2 aromatic carbocycles. The van der Waals surface area contributed by atoms with Crippen LogP contribution in [0.2, 0.25) is 5.02 Å². The maximum atomic E-state index is 12.6. The van der Waals surface area contributed by atoms with Gasteiger partial charge in [-0.2, -0.15) is 0 Å². The third-order valence-electron chi connectivity index (χ3n) is 2.89. The Morgan fingerprint density at radius 3 is 2.29 bits per heavy atom. The van der Waals surface area contributed by atoms with Crippen LogP contribution < -0.4 is 3.58 Å². The summed E-state index contributed by atoms with van der Waals surface area (Å²) >= 11 is 7.19. The summed E-state index contributed by atoms with van der Waals surface area (Å²) in [7, 11) is 2.30. The molecule has 0 spiro atoms. The van der Waals surface area contributed by atoms with Crippen molar-refractivity contribution in [3.63, 3.8) is 0 Å². The molecule has 1 aromatic heterocycles. The average Bonchev–Trinajstić information content (AvgIpc) is 2.92. The second kappa shape index (κ2) is 7.86. The monoisotopic (exact) mass is 470 g/mol. The van der Waals surface area contributed by atoms with Gasteiger partial charge in [-0.3, -0.25) is 0 Å². The second-order valence-corrected chi connectivity index (χ2v) is 9.27. The van der Waals surface area contributed by atoms with Gasteiger partial charge >= 0.3 is 135 Å². The molecule has 0 aliphatic carbocycles. The van der Waals surface area contributed by atoms with E-state index in [1.54, 1.807) is 42.6 Å². The zero-order valence-electron chi connectivity index (χ0n) is 13.6. The van der Waals surface area contributed by atoms with Crippen LogP contribution in [0.15, 0.2) is 53.6 Å². The normalized spacial score (nSPS) is 11.4. The number of fused-ring (bicyclic) bond motifs is 1. The van der Waals surface area contributed by atoms with E-state index in [2.05, 4.69) is 5.10 Å². The molecule has 124 valence electrons. The number of rotatable bonds is 2. The van der Waals surface area contributed by atoms with Gasteiger partial charge in [0.25, 0.3) is 0 Å². The first kappa shape index (κ1) is 19.2. The van der Waals surface area contributed by atoms with E-state index in [9.17, 15) is 8.42 Å². The molecule has 24 heavy (non-hydrogen) atoms. The van der Waals surface area contributed by atoms with E-state index in [1.165, 1.54) is 0 Å². The molecular weight excluding hydrogens is 452 g/mol. The van der Waals surface area contributed by atoms with Gasteiger partial charge in [-0.1, -0.05) is 0 Å². The molecular formula is C16H17ClN3O2SSn+. The quantitative estimate of drug-likeness (QED) is 0.538. The molecule has 3 rings (SSSR count). The first-order valence-corrected chi connectivity index (χ1v) is 10.3. The van der Waals surface area contributed by atoms with Crippen LogP contribution in [0.4, 0.5) is 0 Å². The fourth-order valence-corrected chi connectivity index (χ4v) is 4.70. The van der Waals surface area contributed by atoms with Crippen LogP contribution in [0.25, 0.3) is 10.9 Å². The molecule has 3 aromatic rings. The molecule has 0 unspecified atom stereocenters. The summed E-state index contributed by atoms with van der Waals surface area (Å²) in [5.41, 5.74) is 0.508. The number of hydrogen-bond acceptors (Lipinski definition) is 4. The number of aromatic nitrogens is 2. The van der Waals surface area contributed by atoms with Gasteiger partial charge in [0.15, 0.2) is 0 Å². The van der Waals surface area contributed by atoms with Crippen LogP contribution in [-0.2, 0) is 10.0 Å². The SMILES string of the molecule is CN(C)C.O=S(=O)(c1ccccc1)n1ncc2[c]([Sn+])cc(Cl)cc21. The topological polar surface area (TPSA) is 55.2 Å². The Hall–Kier alpha value is -1.09. The third kappa shape index (κ3) is 4.30. The van der Waals surface area contributed by atoms with Crippen molar-refractivity contribution < 1.29 is 8.42 Å². The van der Waals surface area contributed by atoms with Crippen molar-refractivity contribution in [3.8, 4) is 0 Å². The van der Waals surface area contributed by atoms with E-state index in [1.807, 2.05) is 32.1 Å². The molecule has 0 N–H and O–H groups in total. The summed E-state index contributed by atoms with van der Waals surface area (Å²) < 4.78 is 27.2. The second-order valence-electron chi connectivity index (χ2n) is 5.53. The van der Waals surface area contributed by atoms with Crippen LogP contribution in [0.5, 0.6) is 0 Å². The average molecular weight is 470 g/mol. The Labute approximate surface area is 160 Å². The number of nitrogens with zero attached hydrogens (tertiary/aromatic N) is 3. The molecule has 0 fully saturated rings. The minimum atomic E-state index is -3.70. The summed E-state index contributed by atoms with van der Waals surface area (Å²) in [5, 5.41) is 5.35. The molecule has 2 radical (unpaired) electrons. The van der Waals surface area contributed by atoms with Crippen molar-refractivity contribution in [2.75, 3.05) is 21.1 Å². The molecule has 0 atom stereocenters. The molecule has 0 bridgehead atoms. The van der Waals surface area contributed by atoms with Crippen molar-refractivity contribution >= 4 is 58.6 Å². The number of benzene rings is 2. The van der Waals surface area contributed by atoms with Gasteiger partial charge in [-0.15, -0.1) is 0 Å². The van der Waals surface area contributed by atoms with Crippen LogP contribution in [0.1, 0.15) is 0 Å². The van der Waals surface area contributed by atoms with Gasteiger partial charge in [0, 0.05) is 0 Å². The van der Waals surface area contributed by atoms with Crippen LogP contribution in [-0.4, -0.2) is 66.2 Å². The molecule has 8 heteroatoms. The standard InChI is InChI=1S/C13H8ClN2O2S.C3H9N.Sn/c14-11-7-6-10-9-15-16(13(10)8-11)19(17,18)12-4-2-1-3-5-12;1-4(2)3;/h1-5,7-9H;1-3H3;/q;;+1. The molecule has 0 aliphatic heterocycles. The van der Waals surface area contributed by atoms with Crippen LogP contribution in [0.3, 0.4) is 0 Å². The Bertz CT molecular complexity index is 938. The Kier molecular flexibility index (Phi) is 6.30. The van der Waals surface area contributed by atoms with E-state index in [-0.39, 0.29) is 4.90 Å². The predicted molar refractivity (Wildman–Crippen MR) is 98.8 cm³/mol. The van der Waals surface area contributed by atoms with E-state index in [4.69, 9.17) is 11.6 Å². The molecule has 5 nitrogen and oxygen atoms in total. The van der Waals surface area contributed by atoms with E-state index in [0.29, 0.717) is 10.5 Å². The zero-order valence-corrected chi connectivity index (χ0v) is 18.0. The maximum absolute atomic E-state index is 12.6. The van der Waals surface area contributed by atoms with Crippen molar-refractivity contribution in [1.82, 2.24) is 14.1 Å². The van der Waals surface area contributed by atoms with Gasteiger partial charge in [-0.05, 0) is 21.1 Å². The Morgan fingerprint density at radius 1 is 1.12 bits per heavy atom. The van der Waals surface area contributed by atoms with Crippen LogP contribution in [0, 0.1) is 0 Å². The molecule has 0 amide bonds. The van der Waals surface area contributed by atoms with Crippen molar-refractivity contribution in [3.05, 3.63) is 53.7 Å². The molecule has 0 aliphatic rings. The number of halogens is 1. The molecule has 0 saturated carbocycles.